The van der Waals surface area contributed by atoms with E-state index in [4.69, 9.17) is 11.6 Å². The van der Waals surface area contributed by atoms with Crippen LogP contribution in [0.3, 0.4) is 0 Å². The van der Waals surface area contributed by atoms with E-state index in [1.165, 1.54) is 0 Å². The molecule has 0 saturated heterocycles. The van der Waals surface area contributed by atoms with Gasteiger partial charge in [-0.15, -0.1) is 0 Å². The van der Waals surface area contributed by atoms with Gasteiger partial charge in [0.2, 0.25) is 0 Å². The summed E-state index contributed by atoms with van der Waals surface area (Å²) in [6.45, 7) is 6.01. The number of halogens is 1. The smallest absolute Gasteiger partial charge is 0.126 e. The van der Waals surface area contributed by atoms with Gasteiger partial charge < -0.3 is 10.6 Å². The molecule has 0 aliphatic rings. The molecule has 0 bridgehead atoms. The Morgan fingerprint density at radius 2 is 2.20 bits per heavy atom. The maximum Gasteiger partial charge on any atom is 0.126 e. The fraction of sp³-hybridized carbons (Fsp3) is 0.545. The summed E-state index contributed by atoms with van der Waals surface area (Å²) in [6, 6.07) is 1.99. The van der Waals surface area contributed by atoms with E-state index in [1.54, 1.807) is 6.20 Å². The molecule has 84 valence electrons. The second-order valence-corrected chi connectivity index (χ2v) is 4.37. The number of aromatic nitrogens is 1. The Morgan fingerprint density at radius 1 is 1.47 bits per heavy atom. The van der Waals surface area contributed by atoms with E-state index >= 15 is 0 Å². The highest BCUT2D eigenvalue weighted by atomic mass is 35.5. The van der Waals surface area contributed by atoms with Crippen LogP contribution < -0.4 is 10.6 Å². The number of anilines is 1. The van der Waals surface area contributed by atoms with Crippen LogP contribution in [0.4, 0.5) is 5.82 Å². The second kappa shape index (κ2) is 5.93. The summed E-state index contributed by atoms with van der Waals surface area (Å²) in [4.78, 5) is 4.22. The number of nitrogens with one attached hydrogen (secondary N) is 2. The lowest BCUT2D eigenvalue weighted by molar-refractivity contribution is 0.686. The van der Waals surface area contributed by atoms with Gasteiger partial charge in [-0.1, -0.05) is 25.4 Å². The zero-order valence-corrected chi connectivity index (χ0v) is 10.2. The van der Waals surface area contributed by atoms with Gasteiger partial charge in [-0.2, -0.15) is 0 Å². The van der Waals surface area contributed by atoms with Crippen LogP contribution in [0.2, 0.25) is 5.02 Å². The van der Waals surface area contributed by atoms with Crippen molar-refractivity contribution >= 4 is 17.4 Å². The van der Waals surface area contributed by atoms with Crippen LogP contribution in [-0.4, -0.2) is 18.6 Å². The molecule has 0 aromatic carbocycles. The van der Waals surface area contributed by atoms with Crippen molar-refractivity contribution in [1.29, 1.82) is 0 Å². The van der Waals surface area contributed by atoms with E-state index in [0.29, 0.717) is 10.9 Å². The monoisotopic (exact) mass is 227 g/mol. The first-order chi connectivity index (χ1) is 7.13. The van der Waals surface area contributed by atoms with Crippen molar-refractivity contribution in [2.45, 2.75) is 20.4 Å². The molecule has 0 radical (unpaired) electrons. The highest BCUT2D eigenvalue weighted by Gasteiger charge is 2.02. The summed E-state index contributed by atoms with van der Waals surface area (Å²) < 4.78 is 0. The molecule has 2 N–H and O–H groups in total. The Morgan fingerprint density at radius 3 is 2.80 bits per heavy atom. The first kappa shape index (κ1) is 12.3. The molecule has 15 heavy (non-hydrogen) atoms. The molecule has 4 heteroatoms. The third-order valence-corrected chi connectivity index (χ3v) is 2.33. The quantitative estimate of drug-likeness (QED) is 0.812. The third-order valence-electron chi connectivity index (χ3n) is 1.99. The van der Waals surface area contributed by atoms with E-state index < -0.39 is 0 Å². The molecule has 1 heterocycles. The van der Waals surface area contributed by atoms with Gasteiger partial charge in [-0.05, 0) is 24.6 Å². The van der Waals surface area contributed by atoms with Gasteiger partial charge in [0, 0.05) is 19.3 Å². The largest absolute Gasteiger partial charge is 0.370 e. The molecule has 0 amide bonds. The van der Waals surface area contributed by atoms with Crippen molar-refractivity contribution in [1.82, 2.24) is 10.3 Å². The normalized spacial score (nSPS) is 10.7. The van der Waals surface area contributed by atoms with Crippen molar-refractivity contribution in [3.63, 3.8) is 0 Å². The minimum Gasteiger partial charge on any atom is -0.370 e. The summed E-state index contributed by atoms with van der Waals surface area (Å²) in [5, 5.41) is 7.06. The lowest BCUT2D eigenvalue weighted by Gasteiger charge is -2.10. The van der Waals surface area contributed by atoms with E-state index in [1.807, 2.05) is 13.1 Å². The van der Waals surface area contributed by atoms with Gasteiger partial charge in [-0.25, -0.2) is 4.98 Å². The zero-order chi connectivity index (χ0) is 11.3. The number of pyridine rings is 1. The van der Waals surface area contributed by atoms with Crippen LogP contribution >= 0.6 is 11.6 Å². The predicted molar refractivity (Wildman–Crippen MR) is 65.3 cm³/mol. The van der Waals surface area contributed by atoms with Gasteiger partial charge >= 0.3 is 0 Å². The summed E-state index contributed by atoms with van der Waals surface area (Å²) in [5.41, 5.74) is 1.07. The maximum atomic E-state index is 6.01. The van der Waals surface area contributed by atoms with Crippen molar-refractivity contribution in [2.75, 3.05) is 18.9 Å². The van der Waals surface area contributed by atoms with Crippen LogP contribution in [-0.2, 0) is 6.54 Å². The number of rotatable bonds is 5. The fourth-order valence-corrected chi connectivity index (χ4v) is 1.38. The molecule has 0 aliphatic carbocycles. The van der Waals surface area contributed by atoms with Crippen LogP contribution in [0.25, 0.3) is 0 Å². The van der Waals surface area contributed by atoms with Crippen LogP contribution in [0.15, 0.2) is 12.3 Å². The molecular weight excluding hydrogens is 210 g/mol. The summed E-state index contributed by atoms with van der Waals surface area (Å²) in [6.07, 6.45) is 1.69. The van der Waals surface area contributed by atoms with Crippen LogP contribution in [0, 0.1) is 5.92 Å². The van der Waals surface area contributed by atoms with Crippen molar-refractivity contribution in [2.24, 2.45) is 5.92 Å². The minimum absolute atomic E-state index is 0.607. The fourth-order valence-electron chi connectivity index (χ4n) is 1.21. The zero-order valence-electron chi connectivity index (χ0n) is 9.47. The Bertz CT molecular complexity index is 313. The van der Waals surface area contributed by atoms with Gasteiger partial charge in [0.25, 0.3) is 0 Å². The third kappa shape index (κ3) is 4.06. The predicted octanol–water partition coefficient (Wildman–Crippen LogP) is 2.52. The average Bonchev–Trinajstić information content (AvgIpc) is 2.19. The molecule has 0 fully saturated rings. The van der Waals surface area contributed by atoms with Gasteiger partial charge in [0.1, 0.15) is 5.82 Å². The van der Waals surface area contributed by atoms with Crippen LogP contribution in [0.1, 0.15) is 19.4 Å². The van der Waals surface area contributed by atoms with Crippen molar-refractivity contribution in [3.8, 4) is 0 Å². The molecule has 1 aromatic heterocycles. The molecule has 0 aliphatic heterocycles. The summed E-state index contributed by atoms with van der Waals surface area (Å²) in [7, 11) is 1.90. The van der Waals surface area contributed by atoms with Crippen LogP contribution in [0.5, 0.6) is 0 Å². The van der Waals surface area contributed by atoms with Gasteiger partial charge in [0.05, 0.1) is 5.02 Å². The second-order valence-electron chi connectivity index (χ2n) is 3.97. The van der Waals surface area contributed by atoms with E-state index in [0.717, 1.165) is 24.5 Å². The summed E-state index contributed by atoms with van der Waals surface area (Å²) in [5.74, 6) is 1.49. The van der Waals surface area contributed by atoms with Gasteiger partial charge in [-0.3, -0.25) is 0 Å². The van der Waals surface area contributed by atoms with E-state index in [2.05, 4.69) is 29.5 Å². The Hall–Kier alpha value is -0.800. The Labute approximate surface area is 96.2 Å². The first-order valence-corrected chi connectivity index (χ1v) is 5.54. The van der Waals surface area contributed by atoms with E-state index in [9.17, 15) is 0 Å². The maximum absolute atomic E-state index is 6.01. The SMILES string of the molecule is CNCc1cc(NCC(C)C)ncc1Cl. The molecular formula is C11H18ClN3. The highest BCUT2D eigenvalue weighted by Crippen LogP contribution is 2.17. The van der Waals surface area contributed by atoms with Gasteiger partial charge in [0.15, 0.2) is 0 Å². The lowest BCUT2D eigenvalue weighted by Crippen LogP contribution is -2.11. The standard InChI is InChI=1S/C11H18ClN3/c1-8(2)5-14-11-4-9(6-13-3)10(12)7-15-11/h4,7-8,13H,5-6H2,1-3H3,(H,14,15). The lowest BCUT2D eigenvalue weighted by atomic mass is 10.2. The molecule has 1 aromatic rings. The topological polar surface area (TPSA) is 37.0 Å². The molecule has 0 atom stereocenters. The molecule has 3 nitrogen and oxygen atoms in total. The Kier molecular flexibility index (Phi) is 4.85. The van der Waals surface area contributed by atoms with Crippen molar-refractivity contribution < 1.29 is 0 Å². The highest BCUT2D eigenvalue weighted by molar-refractivity contribution is 6.31. The molecule has 0 saturated carbocycles. The molecule has 1 rings (SSSR count). The molecule has 0 unspecified atom stereocenters. The van der Waals surface area contributed by atoms with Crippen molar-refractivity contribution in [3.05, 3.63) is 22.8 Å². The minimum atomic E-state index is 0.607. The summed E-state index contributed by atoms with van der Waals surface area (Å²) >= 11 is 6.01. The number of nitrogens with zero attached hydrogens (tertiary/aromatic N) is 1. The average molecular weight is 228 g/mol. The molecule has 0 spiro atoms. The number of hydrogen-bond acceptors (Lipinski definition) is 3. The van der Waals surface area contributed by atoms with E-state index in [-0.39, 0.29) is 0 Å². The first-order valence-electron chi connectivity index (χ1n) is 5.16. The number of hydrogen-bond donors (Lipinski definition) is 2. The Balaban J connectivity index is 2.69.